The Labute approximate surface area is 156 Å². The van der Waals surface area contributed by atoms with Gasteiger partial charge < -0.3 is 10.1 Å². The molecule has 0 fully saturated rings. The summed E-state index contributed by atoms with van der Waals surface area (Å²) < 4.78 is 31.3. The molecule has 2 rings (SSSR count). The number of aromatic nitrogens is 3. The number of thioether (sulfide) groups is 1. The van der Waals surface area contributed by atoms with Gasteiger partial charge in [-0.2, -0.15) is 9.40 Å². The van der Waals surface area contributed by atoms with Crippen molar-refractivity contribution in [2.45, 2.75) is 17.0 Å². The first-order valence-electron chi connectivity index (χ1n) is 7.70. The van der Waals surface area contributed by atoms with Gasteiger partial charge in [-0.05, 0) is 30.7 Å². The van der Waals surface area contributed by atoms with E-state index in [4.69, 9.17) is 4.74 Å². The molecule has 0 radical (unpaired) electrons. The fourth-order valence-corrected chi connectivity index (χ4v) is 3.99. The first-order chi connectivity index (χ1) is 12.3. The number of benzene rings is 1. The van der Waals surface area contributed by atoms with Crippen molar-refractivity contribution in [2.24, 2.45) is 0 Å². The van der Waals surface area contributed by atoms with E-state index in [9.17, 15) is 13.2 Å². The lowest BCUT2D eigenvalue weighted by Gasteiger charge is -2.17. The fourth-order valence-electron chi connectivity index (χ4n) is 2.14. The van der Waals surface area contributed by atoms with Gasteiger partial charge in [-0.15, -0.1) is 0 Å². The summed E-state index contributed by atoms with van der Waals surface area (Å²) in [5.41, 5.74) is 0.705. The standard InChI is InChI=1S/C15H21N5O4S2/c1-11-8-12(4-5-13(11)24-3)26(22,23)20(2)9-14(21)16-6-7-25-15-17-10-18-19-15/h4-5,8,10H,6-7,9H2,1-3H3,(H,16,21)(H,17,18,19). The average Bonchev–Trinajstić information content (AvgIpc) is 3.12. The quantitative estimate of drug-likeness (QED) is 0.470. The molecule has 0 aliphatic rings. The number of hydrogen-bond donors (Lipinski definition) is 2. The second-order valence-electron chi connectivity index (χ2n) is 5.38. The van der Waals surface area contributed by atoms with E-state index in [0.717, 1.165) is 4.31 Å². The molecule has 2 N–H and O–H groups in total. The summed E-state index contributed by atoms with van der Waals surface area (Å²) in [5.74, 6) is 0.822. The van der Waals surface area contributed by atoms with E-state index in [0.29, 0.717) is 28.8 Å². The molecule has 1 amide bonds. The van der Waals surface area contributed by atoms with Crippen LogP contribution in [0.2, 0.25) is 0 Å². The van der Waals surface area contributed by atoms with Crippen LogP contribution in [0.25, 0.3) is 0 Å². The number of rotatable bonds is 9. The smallest absolute Gasteiger partial charge is 0.243 e. The van der Waals surface area contributed by atoms with Crippen molar-refractivity contribution < 1.29 is 17.9 Å². The molecule has 0 spiro atoms. The van der Waals surface area contributed by atoms with E-state index in [1.54, 1.807) is 13.0 Å². The predicted molar refractivity (Wildman–Crippen MR) is 97.7 cm³/mol. The van der Waals surface area contributed by atoms with E-state index in [1.807, 2.05) is 0 Å². The van der Waals surface area contributed by atoms with Crippen LogP contribution in [0.3, 0.4) is 0 Å². The van der Waals surface area contributed by atoms with Crippen LogP contribution in [-0.2, 0) is 14.8 Å². The third-order valence-corrected chi connectivity index (χ3v) is 6.17. The lowest BCUT2D eigenvalue weighted by Crippen LogP contribution is -2.39. The van der Waals surface area contributed by atoms with Crippen molar-refractivity contribution in [3.05, 3.63) is 30.1 Å². The predicted octanol–water partition coefficient (Wildman–Crippen LogP) is 0.651. The molecule has 11 heteroatoms. The summed E-state index contributed by atoms with van der Waals surface area (Å²) in [6, 6.07) is 4.58. The lowest BCUT2D eigenvalue weighted by molar-refractivity contribution is -0.121. The molecular formula is C15H21N5O4S2. The van der Waals surface area contributed by atoms with Crippen LogP contribution in [0.15, 0.2) is 34.6 Å². The number of hydrogen-bond acceptors (Lipinski definition) is 7. The Morgan fingerprint density at radius 3 is 2.81 bits per heavy atom. The molecular weight excluding hydrogens is 378 g/mol. The Bertz CT molecular complexity index is 840. The maximum Gasteiger partial charge on any atom is 0.243 e. The van der Waals surface area contributed by atoms with Crippen molar-refractivity contribution in [1.29, 1.82) is 0 Å². The zero-order valence-electron chi connectivity index (χ0n) is 14.7. The average molecular weight is 399 g/mol. The second kappa shape index (κ2) is 9.01. The third-order valence-electron chi connectivity index (χ3n) is 3.50. The first-order valence-corrected chi connectivity index (χ1v) is 10.1. The largest absolute Gasteiger partial charge is 0.496 e. The van der Waals surface area contributed by atoms with E-state index >= 15 is 0 Å². The van der Waals surface area contributed by atoms with Crippen molar-refractivity contribution in [1.82, 2.24) is 24.8 Å². The Morgan fingerprint density at radius 2 is 2.19 bits per heavy atom. The van der Waals surface area contributed by atoms with Crippen LogP contribution >= 0.6 is 11.8 Å². The van der Waals surface area contributed by atoms with Crippen molar-refractivity contribution in [3.63, 3.8) is 0 Å². The number of ether oxygens (including phenoxy) is 1. The van der Waals surface area contributed by atoms with Gasteiger partial charge in [-0.3, -0.25) is 9.89 Å². The highest BCUT2D eigenvalue weighted by molar-refractivity contribution is 7.99. The number of methoxy groups -OCH3 is 1. The minimum absolute atomic E-state index is 0.118. The third kappa shape index (κ3) is 5.19. The molecule has 0 aliphatic heterocycles. The molecule has 142 valence electrons. The van der Waals surface area contributed by atoms with Gasteiger partial charge in [-0.1, -0.05) is 11.8 Å². The van der Waals surface area contributed by atoms with E-state index in [-0.39, 0.29) is 17.3 Å². The van der Waals surface area contributed by atoms with Crippen LogP contribution in [-0.4, -0.2) is 66.8 Å². The number of amides is 1. The Morgan fingerprint density at radius 1 is 1.42 bits per heavy atom. The van der Waals surface area contributed by atoms with Crippen molar-refractivity contribution in [3.8, 4) is 5.75 Å². The van der Waals surface area contributed by atoms with Crippen LogP contribution in [0.4, 0.5) is 0 Å². The van der Waals surface area contributed by atoms with Crippen molar-refractivity contribution in [2.75, 3.05) is 33.0 Å². The zero-order valence-corrected chi connectivity index (χ0v) is 16.4. The van der Waals surface area contributed by atoms with Gasteiger partial charge in [-0.25, -0.2) is 13.4 Å². The summed E-state index contributed by atoms with van der Waals surface area (Å²) in [7, 11) is -0.865. The second-order valence-corrected chi connectivity index (χ2v) is 8.51. The number of nitrogens with zero attached hydrogens (tertiary/aromatic N) is 3. The van der Waals surface area contributed by atoms with Crippen molar-refractivity contribution >= 4 is 27.7 Å². The monoisotopic (exact) mass is 399 g/mol. The summed E-state index contributed by atoms with van der Waals surface area (Å²) in [4.78, 5) is 16.0. The number of carbonyl (C=O) groups excluding carboxylic acids is 1. The first kappa shape index (κ1) is 20.2. The number of H-pyrrole nitrogens is 1. The number of likely N-dealkylation sites (N-methyl/N-ethyl adjacent to an activating group) is 1. The molecule has 0 bridgehead atoms. The molecule has 9 nitrogen and oxygen atoms in total. The summed E-state index contributed by atoms with van der Waals surface area (Å²) >= 11 is 1.41. The minimum atomic E-state index is -3.76. The number of nitrogens with one attached hydrogen (secondary N) is 2. The minimum Gasteiger partial charge on any atom is -0.496 e. The van der Waals surface area contributed by atoms with Crippen LogP contribution < -0.4 is 10.1 Å². The number of aryl methyl sites for hydroxylation is 1. The molecule has 0 aliphatic carbocycles. The highest BCUT2D eigenvalue weighted by atomic mass is 32.2. The fraction of sp³-hybridized carbons (Fsp3) is 0.400. The highest BCUT2D eigenvalue weighted by Crippen LogP contribution is 2.23. The Balaban J connectivity index is 1.87. The molecule has 0 saturated carbocycles. The topological polar surface area (TPSA) is 117 Å². The normalized spacial score (nSPS) is 11.5. The molecule has 0 saturated heterocycles. The molecule has 0 atom stereocenters. The molecule has 1 aromatic carbocycles. The van der Waals surface area contributed by atoms with E-state index in [1.165, 1.54) is 44.4 Å². The highest BCUT2D eigenvalue weighted by Gasteiger charge is 2.23. The molecule has 1 aromatic heterocycles. The van der Waals surface area contributed by atoms with Gasteiger partial charge >= 0.3 is 0 Å². The number of aromatic amines is 1. The summed E-state index contributed by atoms with van der Waals surface area (Å²) in [6.45, 7) is 1.89. The van der Waals surface area contributed by atoms with Gasteiger partial charge in [0.15, 0.2) is 5.16 Å². The van der Waals surface area contributed by atoms with E-state index in [2.05, 4.69) is 20.5 Å². The van der Waals surface area contributed by atoms with Gasteiger partial charge in [0.2, 0.25) is 15.9 Å². The van der Waals surface area contributed by atoms with Gasteiger partial charge in [0, 0.05) is 19.3 Å². The summed E-state index contributed by atoms with van der Waals surface area (Å²) in [5, 5.41) is 9.77. The van der Waals surface area contributed by atoms with Crippen LogP contribution in [0, 0.1) is 6.92 Å². The Kier molecular flexibility index (Phi) is 7.00. The maximum absolute atomic E-state index is 12.6. The zero-order chi connectivity index (χ0) is 19.2. The molecule has 2 aromatic rings. The van der Waals surface area contributed by atoms with Crippen LogP contribution in [0.1, 0.15) is 5.56 Å². The molecule has 0 unspecified atom stereocenters. The molecule has 1 heterocycles. The number of carbonyl (C=O) groups is 1. The Hall–Kier alpha value is -2.11. The maximum atomic E-state index is 12.6. The van der Waals surface area contributed by atoms with Gasteiger partial charge in [0.1, 0.15) is 12.1 Å². The SMILES string of the molecule is COc1ccc(S(=O)(=O)N(C)CC(=O)NCCSc2ncn[nH]2)cc1C. The van der Waals surface area contributed by atoms with E-state index < -0.39 is 10.0 Å². The molecule has 26 heavy (non-hydrogen) atoms. The van der Waals surface area contributed by atoms with Gasteiger partial charge in [0.05, 0.1) is 18.6 Å². The van der Waals surface area contributed by atoms with Gasteiger partial charge in [0.25, 0.3) is 0 Å². The summed E-state index contributed by atoms with van der Waals surface area (Å²) in [6.07, 6.45) is 1.40. The lowest BCUT2D eigenvalue weighted by atomic mass is 10.2. The van der Waals surface area contributed by atoms with Crippen LogP contribution in [0.5, 0.6) is 5.75 Å². The number of sulfonamides is 1.